The lowest BCUT2D eigenvalue weighted by molar-refractivity contribution is 0.116. The summed E-state index contributed by atoms with van der Waals surface area (Å²) >= 11 is 0. The molecule has 0 radical (unpaired) electrons. The first-order chi connectivity index (χ1) is 8.90. The highest BCUT2D eigenvalue weighted by Gasteiger charge is 2.28. The van der Waals surface area contributed by atoms with E-state index in [0.29, 0.717) is 0 Å². The Kier molecular flexibility index (Phi) is 6.46. The van der Waals surface area contributed by atoms with Gasteiger partial charge in [-0.1, -0.05) is 13.3 Å². The Balaban J connectivity index is 1.57. The molecule has 0 saturated carbocycles. The van der Waals surface area contributed by atoms with Crippen molar-refractivity contribution in [3.05, 3.63) is 0 Å². The van der Waals surface area contributed by atoms with E-state index in [1.54, 1.807) is 0 Å². The van der Waals surface area contributed by atoms with E-state index in [1.165, 1.54) is 71.2 Å². The van der Waals surface area contributed by atoms with Gasteiger partial charge in [0.05, 0.1) is 0 Å². The summed E-state index contributed by atoms with van der Waals surface area (Å²) in [5.41, 5.74) is 0. The highest BCUT2D eigenvalue weighted by Crippen LogP contribution is 2.21. The molecule has 2 rings (SSSR count). The molecular weight excluding hydrogens is 224 g/mol. The van der Waals surface area contributed by atoms with E-state index in [9.17, 15) is 0 Å². The molecule has 3 nitrogen and oxygen atoms in total. The molecule has 0 aromatic carbocycles. The maximum absolute atomic E-state index is 5.65. The Morgan fingerprint density at radius 1 is 1.06 bits per heavy atom. The van der Waals surface area contributed by atoms with Gasteiger partial charge in [0.25, 0.3) is 0 Å². The van der Waals surface area contributed by atoms with Gasteiger partial charge in [0.1, 0.15) is 0 Å². The molecule has 2 fully saturated rings. The first kappa shape index (κ1) is 14.3. The maximum Gasteiger partial charge on any atom is 0.0478 e. The summed E-state index contributed by atoms with van der Waals surface area (Å²) in [6.45, 7) is 10.6. The second kappa shape index (κ2) is 8.13. The first-order valence-electron chi connectivity index (χ1n) is 7.94. The molecule has 0 amide bonds. The Morgan fingerprint density at radius 2 is 1.89 bits per heavy atom. The number of hydrogen-bond donors (Lipinski definition) is 0. The van der Waals surface area contributed by atoms with Crippen LogP contribution in [0.15, 0.2) is 0 Å². The summed E-state index contributed by atoms with van der Waals surface area (Å²) in [5, 5.41) is 0. The number of fused-ring (bicyclic) bond motifs is 1. The fourth-order valence-corrected chi connectivity index (χ4v) is 3.22. The largest absolute Gasteiger partial charge is 0.381 e. The third-order valence-corrected chi connectivity index (χ3v) is 4.29. The molecule has 1 unspecified atom stereocenters. The molecular formula is C15H30N2O. The van der Waals surface area contributed by atoms with Crippen molar-refractivity contribution in [3.63, 3.8) is 0 Å². The van der Waals surface area contributed by atoms with Crippen LogP contribution in [0.3, 0.4) is 0 Å². The molecule has 3 heteroatoms. The second-order valence-electron chi connectivity index (χ2n) is 5.81. The monoisotopic (exact) mass is 254 g/mol. The molecule has 0 bridgehead atoms. The van der Waals surface area contributed by atoms with Crippen molar-refractivity contribution in [2.75, 3.05) is 45.9 Å². The van der Waals surface area contributed by atoms with E-state index in [0.717, 1.165) is 19.3 Å². The third kappa shape index (κ3) is 4.52. The van der Waals surface area contributed by atoms with Crippen LogP contribution < -0.4 is 0 Å². The minimum absolute atomic E-state index is 0.855. The lowest BCUT2D eigenvalue weighted by Crippen LogP contribution is -2.37. The van der Waals surface area contributed by atoms with Gasteiger partial charge >= 0.3 is 0 Å². The first-order valence-corrected chi connectivity index (χ1v) is 7.94. The van der Waals surface area contributed by atoms with Crippen LogP contribution in [0.5, 0.6) is 0 Å². The summed E-state index contributed by atoms with van der Waals surface area (Å²) < 4.78 is 5.65. The minimum Gasteiger partial charge on any atom is -0.381 e. The molecule has 0 aromatic rings. The summed E-state index contributed by atoms with van der Waals surface area (Å²) in [7, 11) is 0. The van der Waals surface area contributed by atoms with Crippen LogP contribution >= 0.6 is 0 Å². The molecule has 0 spiro atoms. The van der Waals surface area contributed by atoms with E-state index in [4.69, 9.17) is 4.74 Å². The van der Waals surface area contributed by atoms with Crippen molar-refractivity contribution in [2.24, 2.45) is 0 Å². The number of nitrogens with zero attached hydrogens (tertiary/aromatic N) is 2. The highest BCUT2D eigenvalue weighted by molar-refractivity contribution is 4.84. The van der Waals surface area contributed by atoms with Crippen LogP contribution in [0.4, 0.5) is 0 Å². The third-order valence-electron chi connectivity index (χ3n) is 4.29. The van der Waals surface area contributed by atoms with E-state index in [-0.39, 0.29) is 0 Å². The van der Waals surface area contributed by atoms with Gasteiger partial charge in [0.15, 0.2) is 0 Å². The molecule has 106 valence electrons. The highest BCUT2D eigenvalue weighted by atomic mass is 16.5. The van der Waals surface area contributed by atoms with E-state index >= 15 is 0 Å². The predicted octanol–water partition coefficient (Wildman–Crippen LogP) is 2.36. The van der Waals surface area contributed by atoms with Crippen molar-refractivity contribution in [1.29, 1.82) is 0 Å². The minimum atomic E-state index is 0.855. The van der Waals surface area contributed by atoms with Crippen molar-refractivity contribution >= 4 is 0 Å². The van der Waals surface area contributed by atoms with Crippen molar-refractivity contribution in [1.82, 2.24) is 9.80 Å². The van der Waals surface area contributed by atoms with Crippen LogP contribution in [-0.4, -0.2) is 61.8 Å². The molecule has 0 aliphatic carbocycles. The zero-order valence-electron chi connectivity index (χ0n) is 12.1. The van der Waals surface area contributed by atoms with Gasteiger partial charge in [-0.15, -0.1) is 0 Å². The molecule has 2 saturated heterocycles. The van der Waals surface area contributed by atoms with Gasteiger partial charge in [0, 0.05) is 32.3 Å². The fraction of sp³-hybridized carbons (Fsp3) is 1.00. The molecule has 0 N–H and O–H groups in total. The summed E-state index contributed by atoms with van der Waals surface area (Å²) in [4.78, 5) is 5.37. The Hall–Kier alpha value is -0.120. The molecule has 1 atom stereocenters. The molecule has 2 aliphatic heterocycles. The average Bonchev–Trinajstić information content (AvgIpc) is 2.72. The maximum atomic E-state index is 5.65. The summed E-state index contributed by atoms with van der Waals surface area (Å²) in [6, 6.07) is 0.855. The van der Waals surface area contributed by atoms with E-state index in [2.05, 4.69) is 16.7 Å². The van der Waals surface area contributed by atoms with Crippen molar-refractivity contribution < 1.29 is 4.74 Å². The van der Waals surface area contributed by atoms with Gasteiger partial charge in [-0.2, -0.15) is 0 Å². The van der Waals surface area contributed by atoms with Crippen LogP contribution in [0.25, 0.3) is 0 Å². The van der Waals surface area contributed by atoms with Crippen LogP contribution in [0.2, 0.25) is 0 Å². The molecule has 2 heterocycles. The van der Waals surface area contributed by atoms with Gasteiger partial charge in [-0.05, 0) is 51.7 Å². The molecule has 18 heavy (non-hydrogen) atoms. The topological polar surface area (TPSA) is 15.7 Å². The smallest absolute Gasteiger partial charge is 0.0478 e. The molecule has 0 aromatic heterocycles. The lowest BCUT2D eigenvalue weighted by Gasteiger charge is -2.25. The van der Waals surface area contributed by atoms with Gasteiger partial charge < -0.3 is 9.64 Å². The predicted molar refractivity (Wildman–Crippen MR) is 76.0 cm³/mol. The normalized spacial score (nSPS) is 26.2. The van der Waals surface area contributed by atoms with Crippen molar-refractivity contribution in [3.8, 4) is 0 Å². The quantitative estimate of drug-likeness (QED) is 0.649. The van der Waals surface area contributed by atoms with Gasteiger partial charge in [0.2, 0.25) is 0 Å². The molecule has 2 aliphatic rings. The zero-order valence-corrected chi connectivity index (χ0v) is 12.1. The SMILES string of the molecule is CCCCOCCCN1CCCN2CCCC2C1. The van der Waals surface area contributed by atoms with Crippen LogP contribution in [0, 0.1) is 0 Å². The number of unbranched alkanes of at least 4 members (excludes halogenated alkanes) is 1. The van der Waals surface area contributed by atoms with E-state index in [1.807, 2.05) is 0 Å². The number of hydrogen-bond acceptors (Lipinski definition) is 3. The zero-order chi connectivity index (χ0) is 12.6. The number of rotatable bonds is 7. The van der Waals surface area contributed by atoms with Crippen LogP contribution in [0.1, 0.15) is 45.4 Å². The van der Waals surface area contributed by atoms with Gasteiger partial charge in [-0.3, -0.25) is 4.90 Å². The Bertz CT molecular complexity index is 223. The van der Waals surface area contributed by atoms with Crippen LogP contribution in [-0.2, 0) is 4.74 Å². The van der Waals surface area contributed by atoms with E-state index < -0.39 is 0 Å². The standard InChI is InChI=1S/C15H30N2O/c1-2-3-12-18-13-6-9-16-8-5-11-17-10-4-7-15(17)14-16/h15H,2-14H2,1H3. The fourth-order valence-electron chi connectivity index (χ4n) is 3.22. The number of ether oxygens (including phenoxy) is 1. The lowest BCUT2D eigenvalue weighted by atomic mass is 10.2. The van der Waals surface area contributed by atoms with Gasteiger partial charge in [-0.25, -0.2) is 0 Å². The average molecular weight is 254 g/mol. The summed E-state index contributed by atoms with van der Waals surface area (Å²) in [5.74, 6) is 0. The second-order valence-corrected chi connectivity index (χ2v) is 5.81. The Morgan fingerprint density at radius 3 is 2.78 bits per heavy atom. The Labute approximate surface area is 112 Å². The summed E-state index contributed by atoms with van der Waals surface area (Å²) in [6.07, 6.45) is 7.84. The van der Waals surface area contributed by atoms with Crippen molar-refractivity contribution in [2.45, 2.75) is 51.5 Å².